The molecule has 2 heterocycles. The van der Waals surface area contributed by atoms with Crippen molar-refractivity contribution in [2.75, 3.05) is 5.32 Å². The summed E-state index contributed by atoms with van der Waals surface area (Å²) in [5, 5.41) is 15.6. The van der Waals surface area contributed by atoms with Crippen molar-refractivity contribution in [3.63, 3.8) is 0 Å². The summed E-state index contributed by atoms with van der Waals surface area (Å²) < 4.78 is 2.40. The van der Waals surface area contributed by atoms with E-state index in [1.165, 1.54) is 28.3 Å². The first-order valence-corrected chi connectivity index (χ1v) is 8.67. The highest BCUT2D eigenvalue weighted by molar-refractivity contribution is 9.10. The third-order valence-corrected chi connectivity index (χ3v) is 4.62. The van der Waals surface area contributed by atoms with Crippen LogP contribution in [0.25, 0.3) is 5.69 Å². The van der Waals surface area contributed by atoms with Crippen LogP contribution in [0.15, 0.2) is 45.8 Å². The largest absolute Gasteiger partial charge is 0.295 e. The third-order valence-electron chi connectivity index (χ3n) is 3.10. The maximum atomic E-state index is 12.3. The molecule has 1 N–H and O–H groups in total. The van der Waals surface area contributed by atoms with Crippen molar-refractivity contribution in [2.45, 2.75) is 13.3 Å². The average molecular weight is 406 g/mol. The number of halogens is 1. The van der Waals surface area contributed by atoms with Crippen molar-refractivity contribution >= 4 is 38.3 Å². The van der Waals surface area contributed by atoms with Gasteiger partial charge in [0, 0.05) is 16.7 Å². The number of carbonyl (C=O) groups excluding carboxylic acids is 1. The molecule has 0 saturated heterocycles. The van der Waals surface area contributed by atoms with Gasteiger partial charge in [0.15, 0.2) is 5.69 Å². The monoisotopic (exact) mass is 405 g/mol. The summed E-state index contributed by atoms with van der Waals surface area (Å²) in [7, 11) is 0. The smallest absolute Gasteiger partial charge is 0.282 e. The van der Waals surface area contributed by atoms with Gasteiger partial charge < -0.3 is 0 Å². The van der Waals surface area contributed by atoms with E-state index in [1.54, 1.807) is 0 Å². The number of amides is 1. The van der Waals surface area contributed by atoms with Gasteiger partial charge in [-0.2, -0.15) is 5.10 Å². The first-order valence-electron chi connectivity index (χ1n) is 7.06. The summed E-state index contributed by atoms with van der Waals surface area (Å²) in [6.45, 7) is 1.95. The number of anilines is 1. The minimum Gasteiger partial charge on any atom is -0.295 e. The number of aryl methyl sites for hydroxylation is 1. The molecule has 1 aromatic carbocycles. The normalized spacial score (nSPS) is 10.6. The molecule has 9 heteroatoms. The molecule has 0 aliphatic carbocycles. The van der Waals surface area contributed by atoms with Crippen molar-refractivity contribution in [1.82, 2.24) is 20.0 Å². The van der Waals surface area contributed by atoms with Gasteiger partial charge in [-0.1, -0.05) is 34.2 Å². The zero-order chi connectivity index (χ0) is 17.1. The van der Waals surface area contributed by atoms with E-state index in [4.69, 9.17) is 0 Å². The molecule has 0 fully saturated rings. The number of benzene rings is 1. The number of rotatable bonds is 4. The van der Waals surface area contributed by atoms with Gasteiger partial charge in [-0.05, 0) is 30.7 Å². The van der Waals surface area contributed by atoms with Crippen LogP contribution in [0.1, 0.15) is 22.4 Å². The lowest BCUT2D eigenvalue weighted by Crippen LogP contribution is -2.25. The van der Waals surface area contributed by atoms with Crippen LogP contribution in [-0.4, -0.2) is 25.9 Å². The Morgan fingerprint density at radius 2 is 2.00 bits per heavy atom. The zero-order valence-electron chi connectivity index (χ0n) is 12.6. The summed E-state index contributed by atoms with van der Waals surface area (Å²) in [5.74, 6) is -0.606. The van der Waals surface area contributed by atoms with Crippen molar-refractivity contribution in [3.05, 3.63) is 61.9 Å². The molecule has 3 aromatic rings. The van der Waals surface area contributed by atoms with Crippen molar-refractivity contribution < 1.29 is 4.79 Å². The molecule has 0 aliphatic rings. The Labute approximate surface area is 149 Å². The minimum atomic E-state index is -0.606. The molecule has 0 radical (unpaired) electrons. The quantitative estimate of drug-likeness (QED) is 0.720. The second kappa shape index (κ2) is 7.02. The maximum absolute atomic E-state index is 12.3. The van der Waals surface area contributed by atoms with Crippen LogP contribution in [0.4, 0.5) is 5.13 Å². The predicted octanol–water partition coefficient (Wildman–Crippen LogP) is 2.66. The molecule has 1 amide bonds. The van der Waals surface area contributed by atoms with Gasteiger partial charge in [-0.25, -0.2) is 4.68 Å². The molecule has 0 spiro atoms. The van der Waals surface area contributed by atoms with Crippen LogP contribution in [0.5, 0.6) is 0 Å². The first kappa shape index (κ1) is 16.5. The Bertz CT molecular complexity index is 936. The molecule has 0 bridgehead atoms. The summed E-state index contributed by atoms with van der Waals surface area (Å²) in [4.78, 5) is 24.3. The minimum absolute atomic E-state index is 0.200. The molecule has 0 aliphatic heterocycles. The lowest BCUT2D eigenvalue weighted by atomic mass is 10.3. The molecule has 0 saturated carbocycles. The Kier molecular flexibility index (Phi) is 4.81. The Hall–Kier alpha value is -2.39. The van der Waals surface area contributed by atoms with E-state index < -0.39 is 11.3 Å². The van der Waals surface area contributed by atoms with Gasteiger partial charge in [-0.3, -0.25) is 14.9 Å². The lowest BCUT2D eigenvalue weighted by molar-refractivity contribution is 0.101. The summed E-state index contributed by atoms with van der Waals surface area (Å²) in [6.07, 6.45) is 2.25. The van der Waals surface area contributed by atoms with E-state index in [0.717, 1.165) is 21.6 Å². The van der Waals surface area contributed by atoms with Gasteiger partial charge in [-0.15, -0.1) is 10.2 Å². The van der Waals surface area contributed by atoms with Crippen LogP contribution < -0.4 is 10.7 Å². The Balaban J connectivity index is 1.89. The number of nitrogens with one attached hydrogen (secondary N) is 1. The van der Waals surface area contributed by atoms with Crippen LogP contribution in [-0.2, 0) is 6.42 Å². The summed E-state index contributed by atoms with van der Waals surface area (Å²) in [6, 6.07) is 8.65. The molecule has 7 nitrogen and oxygen atoms in total. The van der Waals surface area contributed by atoms with Gasteiger partial charge in [0.25, 0.3) is 5.91 Å². The van der Waals surface area contributed by atoms with Crippen molar-refractivity contribution in [3.8, 4) is 5.69 Å². The van der Waals surface area contributed by atoms with E-state index in [9.17, 15) is 9.59 Å². The van der Waals surface area contributed by atoms with E-state index in [-0.39, 0.29) is 5.69 Å². The summed E-state index contributed by atoms with van der Waals surface area (Å²) >= 11 is 4.62. The maximum Gasteiger partial charge on any atom is 0.282 e. The van der Waals surface area contributed by atoms with Crippen LogP contribution in [0, 0.1) is 0 Å². The molecule has 0 atom stereocenters. The standard InChI is InChI=1S/C15H12BrN5O2S/c1-2-12-18-19-15(24-12)17-14(23)13-11(22)7-8-21(20-13)10-5-3-9(16)4-6-10/h3-8H,2H2,1H3,(H,17,19,23). The zero-order valence-corrected chi connectivity index (χ0v) is 15.0. The molecular weight excluding hydrogens is 394 g/mol. The molecule has 122 valence electrons. The Morgan fingerprint density at radius 3 is 2.67 bits per heavy atom. The number of hydrogen-bond donors (Lipinski definition) is 1. The highest BCUT2D eigenvalue weighted by Gasteiger charge is 2.15. The highest BCUT2D eigenvalue weighted by Crippen LogP contribution is 2.16. The van der Waals surface area contributed by atoms with Crippen molar-refractivity contribution in [2.24, 2.45) is 0 Å². The third kappa shape index (κ3) is 3.57. The summed E-state index contributed by atoms with van der Waals surface area (Å²) in [5.41, 5.74) is 0.0752. The number of aromatic nitrogens is 4. The number of nitrogens with zero attached hydrogens (tertiary/aromatic N) is 4. The SMILES string of the molecule is CCc1nnc(NC(=O)c2nn(-c3ccc(Br)cc3)ccc2=O)s1. The molecule has 3 rings (SSSR count). The molecule has 0 unspecified atom stereocenters. The fourth-order valence-corrected chi connectivity index (χ4v) is 2.84. The first-order chi connectivity index (χ1) is 11.6. The van der Waals surface area contributed by atoms with E-state index >= 15 is 0 Å². The van der Waals surface area contributed by atoms with Crippen LogP contribution in [0.2, 0.25) is 0 Å². The fourth-order valence-electron chi connectivity index (χ4n) is 1.91. The van der Waals surface area contributed by atoms with Crippen LogP contribution >= 0.6 is 27.3 Å². The van der Waals surface area contributed by atoms with E-state index in [2.05, 4.69) is 36.5 Å². The van der Waals surface area contributed by atoms with Crippen molar-refractivity contribution in [1.29, 1.82) is 0 Å². The molecule has 2 aromatic heterocycles. The lowest BCUT2D eigenvalue weighted by Gasteiger charge is -2.07. The predicted molar refractivity (Wildman–Crippen MR) is 94.8 cm³/mol. The number of carbonyl (C=O) groups is 1. The topological polar surface area (TPSA) is 89.8 Å². The fraction of sp³-hybridized carbons (Fsp3) is 0.133. The highest BCUT2D eigenvalue weighted by atomic mass is 79.9. The van der Waals surface area contributed by atoms with Crippen LogP contribution in [0.3, 0.4) is 0 Å². The second-order valence-electron chi connectivity index (χ2n) is 4.76. The Morgan fingerprint density at radius 1 is 1.25 bits per heavy atom. The van der Waals surface area contributed by atoms with Gasteiger partial charge in [0.2, 0.25) is 10.6 Å². The van der Waals surface area contributed by atoms with Gasteiger partial charge in [0.05, 0.1) is 5.69 Å². The molecular formula is C15H12BrN5O2S. The molecule has 24 heavy (non-hydrogen) atoms. The van der Waals surface area contributed by atoms with Gasteiger partial charge in [0.1, 0.15) is 5.01 Å². The van der Waals surface area contributed by atoms with E-state index in [0.29, 0.717) is 5.13 Å². The van der Waals surface area contributed by atoms with E-state index in [1.807, 2.05) is 31.2 Å². The van der Waals surface area contributed by atoms with Gasteiger partial charge >= 0.3 is 0 Å². The average Bonchev–Trinajstić information content (AvgIpc) is 3.03. The second-order valence-corrected chi connectivity index (χ2v) is 6.74. The number of hydrogen-bond acceptors (Lipinski definition) is 6.